The van der Waals surface area contributed by atoms with E-state index < -0.39 is 39.3 Å². The lowest BCUT2D eigenvalue weighted by Gasteiger charge is -2.19. The summed E-state index contributed by atoms with van der Waals surface area (Å²) in [4.78, 5) is 28.0. The van der Waals surface area contributed by atoms with E-state index in [1.54, 1.807) is 7.05 Å². The summed E-state index contributed by atoms with van der Waals surface area (Å²) >= 11 is 0. The lowest BCUT2D eigenvalue weighted by atomic mass is 9.97. The SMILES string of the molecule is CCN(C)Cc1c(Cc2cccc(NS(=O)(=O)NC)c2F)c(=O)oc2cc(OC(=O)N(C)C)c(F)cc12. The molecule has 13 heteroatoms. The van der Waals surface area contributed by atoms with Crippen LogP contribution in [0, 0.1) is 11.6 Å². The van der Waals surface area contributed by atoms with Gasteiger partial charge in [0, 0.05) is 51.1 Å². The molecule has 0 spiro atoms. The molecule has 0 unspecified atom stereocenters. The second kappa shape index (κ2) is 11.2. The third-order valence-corrected chi connectivity index (χ3v) is 6.69. The third-order valence-electron chi connectivity index (χ3n) is 5.66. The number of ether oxygens (including phenoxy) is 1. The summed E-state index contributed by atoms with van der Waals surface area (Å²) in [6, 6.07) is 6.33. The van der Waals surface area contributed by atoms with Crippen LogP contribution in [0.4, 0.5) is 19.3 Å². The zero-order valence-corrected chi connectivity index (χ0v) is 21.8. The van der Waals surface area contributed by atoms with Crippen molar-refractivity contribution in [3.63, 3.8) is 0 Å². The van der Waals surface area contributed by atoms with Gasteiger partial charge in [-0.3, -0.25) is 4.72 Å². The third kappa shape index (κ3) is 6.42. The summed E-state index contributed by atoms with van der Waals surface area (Å²) < 4.78 is 68.4. The van der Waals surface area contributed by atoms with Gasteiger partial charge in [-0.05, 0) is 36.9 Å². The number of fused-ring (bicyclic) bond motifs is 1. The van der Waals surface area contributed by atoms with Gasteiger partial charge in [0.25, 0.3) is 10.2 Å². The molecule has 200 valence electrons. The molecule has 3 aromatic rings. The Bertz CT molecular complexity index is 1490. The lowest BCUT2D eigenvalue weighted by molar-refractivity contribution is 0.170. The van der Waals surface area contributed by atoms with Crippen molar-refractivity contribution in [3.8, 4) is 5.75 Å². The van der Waals surface area contributed by atoms with Crippen molar-refractivity contribution < 1.29 is 31.1 Å². The number of amides is 1. The molecular weight excluding hydrogens is 510 g/mol. The van der Waals surface area contributed by atoms with Gasteiger partial charge < -0.3 is 19.0 Å². The number of carbonyl (C=O) groups is 1. The number of hydrogen-bond acceptors (Lipinski definition) is 7. The molecule has 1 heterocycles. The molecule has 37 heavy (non-hydrogen) atoms. The van der Waals surface area contributed by atoms with Gasteiger partial charge in [-0.25, -0.2) is 23.1 Å². The molecule has 2 aromatic carbocycles. The maximum atomic E-state index is 15.2. The molecule has 1 aromatic heterocycles. The van der Waals surface area contributed by atoms with Crippen LogP contribution in [0.25, 0.3) is 11.0 Å². The molecule has 0 aliphatic rings. The number of anilines is 1. The van der Waals surface area contributed by atoms with Gasteiger partial charge in [-0.15, -0.1) is 0 Å². The first-order valence-corrected chi connectivity index (χ1v) is 12.7. The first-order valence-electron chi connectivity index (χ1n) is 11.2. The Balaban J connectivity index is 2.16. The van der Waals surface area contributed by atoms with E-state index in [-0.39, 0.29) is 40.7 Å². The molecule has 3 rings (SSSR count). The molecule has 0 aliphatic carbocycles. The van der Waals surface area contributed by atoms with E-state index in [0.717, 1.165) is 17.0 Å². The molecule has 2 N–H and O–H groups in total. The van der Waals surface area contributed by atoms with E-state index in [9.17, 15) is 22.4 Å². The van der Waals surface area contributed by atoms with Crippen LogP contribution >= 0.6 is 0 Å². The van der Waals surface area contributed by atoms with Crippen LogP contribution in [-0.4, -0.2) is 59.0 Å². The topological polar surface area (TPSA) is 121 Å². The Morgan fingerprint density at radius 3 is 2.46 bits per heavy atom. The van der Waals surface area contributed by atoms with Crippen molar-refractivity contribution in [3.05, 3.63) is 69.1 Å². The number of benzene rings is 2. The minimum Gasteiger partial charge on any atom is -0.422 e. The summed E-state index contributed by atoms with van der Waals surface area (Å²) in [7, 11) is 1.86. The zero-order chi connectivity index (χ0) is 27.5. The van der Waals surface area contributed by atoms with Crippen LogP contribution in [0.5, 0.6) is 5.75 Å². The Morgan fingerprint density at radius 2 is 1.84 bits per heavy atom. The Labute approximate surface area is 213 Å². The molecule has 0 saturated carbocycles. The van der Waals surface area contributed by atoms with Crippen molar-refractivity contribution >= 4 is 33.0 Å². The number of nitrogens with zero attached hydrogens (tertiary/aromatic N) is 2. The second-order valence-corrected chi connectivity index (χ2v) is 10.1. The van der Waals surface area contributed by atoms with Crippen molar-refractivity contribution in [1.29, 1.82) is 0 Å². The largest absolute Gasteiger partial charge is 0.422 e. The number of halogens is 2. The van der Waals surface area contributed by atoms with Crippen molar-refractivity contribution in [2.45, 2.75) is 19.9 Å². The summed E-state index contributed by atoms with van der Waals surface area (Å²) in [5, 5.41) is 0.254. The molecule has 0 bridgehead atoms. The zero-order valence-electron chi connectivity index (χ0n) is 21.0. The Kier molecular flexibility index (Phi) is 8.51. The van der Waals surface area contributed by atoms with E-state index in [2.05, 4.69) is 4.72 Å². The lowest BCUT2D eigenvalue weighted by Crippen LogP contribution is -2.27. The monoisotopic (exact) mass is 538 g/mol. The molecule has 0 saturated heterocycles. The highest BCUT2D eigenvalue weighted by Crippen LogP contribution is 2.30. The molecule has 0 fully saturated rings. The first-order chi connectivity index (χ1) is 17.4. The van der Waals surface area contributed by atoms with Gasteiger partial charge in [-0.2, -0.15) is 8.42 Å². The Morgan fingerprint density at radius 1 is 1.14 bits per heavy atom. The minimum atomic E-state index is -3.98. The minimum absolute atomic E-state index is 0.00721. The van der Waals surface area contributed by atoms with Gasteiger partial charge in [0.2, 0.25) is 0 Å². The van der Waals surface area contributed by atoms with Crippen LogP contribution in [0.2, 0.25) is 0 Å². The molecule has 10 nitrogen and oxygen atoms in total. The Hall–Kier alpha value is -3.55. The first kappa shape index (κ1) is 28.0. The van der Waals surface area contributed by atoms with Gasteiger partial charge in [0.05, 0.1) is 5.69 Å². The highest BCUT2D eigenvalue weighted by molar-refractivity contribution is 7.90. The number of rotatable bonds is 9. The smallest absolute Gasteiger partial charge is 0.414 e. The van der Waals surface area contributed by atoms with Crippen LogP contribution in [0.1, 0.15) is 23.6 Å². The van der Waals surface area contributed by atoms with Crippen LogP contribution < -0.4 is 19.8 Å². The van der Waals surface area contributed by atoms with Crippen molar-refractivity contribution in [1.82, 2.24) is 14.5 Å². The standard InChI is InChI=1S/C24H28F2N4O6S/c1-6-30(5)13-17-15-11-18(25)21(36-24(32)29(3)4)12-20(15)35-23(31)16(17)10-14-8-7-9-19(22(14)26)28-37(33,34)27-2/h7-9,11-12,27-28H,6,10,13H2,1-5H3. The summed E-state index contributed by atoms with van der Waals surface area (Å²) in [5.41, 5.74) is -0.585. The predicted octanol–water partition coefficient (Wildman–Crippen LogP) is 3.05. The summed E-state index contributed by atoms with van der Waals surface area (Å²) in [5.74, 6) is -2.13. The number of carbonyl (C=O) groups excluding carboxylic acids is 1. The summed E-state index contributed by atoms with van der Waals surface area (Å²) in [6.07, 6.45) is -1.06. The van der Waals surface area contributed by atoms with Crippen LogP contribution in [0.3, 0.4) is 0 Å². The molecule has 0 radical (unpaired) electrons. The van der Waals surface area contributed by atoms with Gasteiger partial charge in [0.15, 0.2) is 17.4 Å². The van der Waals surface area contributed by atoms with Crippen LogP contribution in [0.15, 0.2) is 39.5 Å². The quantitative estimate of drug-likeness (QED) is 0.402. The van der Waals surface area contributed by atoms with Crippen molar-refractivity contribution in [2.24, 2.45) is 0 Å². The summed E-state index contributed by atoms with van der Waals surface area (Å²) in [6.45, 7) is 2.69. The fourth-order valence-corrected chi connectivity index (χ4v) is 4.04. The highest BCUT2D eigenvalue weighted by atomic mass is 32.2. The fraction of sp³-hybridized carbons (Fsp3) is 0.333. The van der Waals surface area contributed by atoms with Crippen LogP contribution in [-0.2, 0) is 23.2 Å². The number of nitrogens with one attached hydrogen (secondary N) is 2. The van der Waals surface area contributed by atoms with E-state index in [0.29, 0.717) is 12.1 Å². The van der Waals surface area contributed by atoms with Gasteiger partial charge >= 0.3 is 11.7 Å². The average Bonchev–Trinajstić information content (AvgIpc) is 2.84. The van der Waals surface area contributed by atoms with E-state index in [1.165, 1.54) is 39.3 Å². The molecular formula is C24H28F2N4O6S. The van der Waals surface area contributed by atoms with E-state index >= 15 is 4.39 Å². The van der Waals surface area contributed by atoms with E-state index in [4.69, 9.17) is 9.15 Å². The van der Waals surface area contributed by atoms with Gasteiger partial charge in [0.1, 0.15) is 5.58 Å². The maximum absolute atomic E-state index is 15.2. The van der Waals surface area contributed by atoms with Crippen molar-refractivity contribution in [2.75, 3.05) is 39.5 Å². The maximum Gasteiger partial charge on any atom is 0.414 e. The van der Waals surface area contributed by atoms with Gasteiger partial charge in [-0.1, -0.05) is 19.1 Å². The highest BCUT2D eigenvalue weighted by Gasteiger charge is 2.22. The normalized spacial score (nSPS) is 11.7. The molecule has 0 atom stereocenters. The van der Waals surface area contributed by atoms with E-state index in [1.807, 2.05) is 16.5 Å². The number of hydrogen-bond donors (Lipinski definition) is 2. The molecule has 0 aliphatic heterocycles. The predicted molar refractivity (Wildman–Crippen MR) is 135 cm³/mol. The fourth-order valence-electron chi connectivity index (χ4n) is 3.49. The second-order valence-electron chi connectivity index (χ2n) is 8.48. The molecule has 1 amide bonds. The average molecular weight is 539 g/mol.